The molecule has 3 heterocycles. The molecule has 130 valence electrons. The van der Waals surface area contributed by atoms with Gasteiger partial charge in [-0.3, -0.25) is 5.10 Å². The minimum Gasteiger partial charge on any atom is -0.480 e. The maximum Gasteiger partial charge on any atom is 0.232 e. The maximum absolute atomic E-state index is 6.17. The highest BCUT2D eigenvalue weighted by Gasteiger charge is 2.28. The van der Waals surface area contributed by atoms with Gasteiger partial charge >= 0.3 is 0 Å². The Morgan fingerprint density at radius 1 is 1.54 bits per heavy atom. The van der Waals surface area contributed by atoms with Crippen LogP contribution in [0.2, 0.25) is 5.02 Å². The average Bonchev–Trinajstić information content (AvgIpc) is 3.14. The first-order valence-electron chi connectivity index (χ1n) is 8.22. The maximum atomic E-state index is 6.17. The summed E-state index contributed by atoms with van der Waals surface area (Å²) in [6.07, 6.45) is 5.85. The minimum absolute atomic E-state index is 0.0681. The van der Waals surface area contributed by atoms with Crippen molar-refractivity contribution in [3.63, 3.8) is 0 Å². The predicted octanol–water partition coefficient (Wildman–Crippen LogP) is 3.29. The van der Waals surface area contributed by atoms with E-state index in [-0.39, 0.29) is 12.1 Å². The summed E-state index contributed by atoms with van der Waals surface area (Å²) in [5.74, 6) is 0.857. The molecule has 1 unspecified atom stereocenters. The number of ether oxygens (including phenoxy) is 2. The number of hydrogen-bond acceptors (Lipinski definition) is 5. The average molecular weight is 351 g/mol. The van der Waals surface area contributed by atoms with E-state index < -0.39 is 0 Å². The van der Waals surface area contributed by atoms with Crippen molar-refractivity contribution in [3.8, 4) is 5.88 Å². The van der Waals surface area contributed by atoms with Crippen LogP contribution < -0.4 is 10.1 Å². The van der Waals surface area contributed by atoms with Crippen molar-refractivity contribution in [3.05, 3.63) is 40.8 Å². The van der Waals surface area contributed by atoms with Gasteiger partial charge in [0.25, 0.3) is 0 Å². The highest BCUT2D eigenvalue weighted by Crippen LogP contribution is 2.32. The Morgan fingerprint density at radius 2 is 2.42 bits per heavy atom. The Balaban J connectivity index is 1.62. The summed E-state index contributed by atoms with van der Waals surface area (Å²) in [7, 11) is 1.56. The highest BCUT2D eigenvalue weighted by molar-refractivity contribution is 6.31. The molecule has 3 atom stereocenters. The van der Waals surface area contributed by atoms with E-state index in [1.165, 1.54) is 0 Å². The van der Waals surface area contributed by atoms with Gasteiger partial charge in [-0.1, -0.05) is 11.6 Å². The van der Waals surface area contributed by atoms with Crippen LogP contribution in [0.1, 0.15) is 43.2 Å². The van der Waals surface area contributed by atoms with Crippen LogP contribution in [0.3, 0.4) is 0 Å². The van der Waals surface area contributed by atoms with Crippen LogP contribution in [-0.4, -0.2) is 35.4 Å². The van der Waals surface area contributed by atoms with Gasteiger partial charge in [-0.25, -0.2) is 4.98 Å². The van der Waals surface area contributed by atoms with E-state index in [0.717, 1.165) is 37.3 Å². The van der Waals surface area contributed by atoms with Gasteiger partial charge in [-0.2, -0.15) is 5.10 Å². The highest BCUT2D eigenvalue weighted by atomic mass is 35.5. The summed E-state index contributed by atoms with van der Waals surface area (Å²) in [6, 6.07) is 4.03. The van der Waals surface area contributed by atoms with Crippen LogP contribution in [0.5, 0.6) is 5.88 Å². The van der Waals surface area contributed by atoms with Crippen LogP contribution in [0.15, 0.2) is 24.5 Å². The van der Waals surface area contributed by atoms with Crippen LogP contribution in [0, 0.1) is 5.92 Å². The van der Waals surface area contributed by atoms with Crippen LogP contribution in [0.25, 0.3) is 0 Å². The van der Waals surface area contributed by atoms with Gasteiger partial charge in [0, 0.05) is 37.5 Å². The molecule has 2 aromatic rings. The second-order valence-corrected chi connectivity index (χ2v) is 6.50. The summed E-state index contributed by atoms with van der Waals surface area (Å²) in [5, 5.41) is 11.2. The van der Waals surface area contributed by atoms with Gasteiger partial charge in [0.2, 0.25) is 5.88 Å². The first-order chi connectivity index (χ1) is 11.7. The molecular formula is C17H23ClN4O2. The van der Waals surface area contributed by atoms with Crippen molar-refractivity contribution in [2.45, 2.75) is 31.9 Å². The number of methoxy groups -OCH3 is 1. The van der Waals surface area contributed by atoms with Crippen LogP contribution in [0.4, 0.5) is 0 Å². The Hall–Kier alpha value is -1.63. The predicted molar refractivity (Wildman–Crippen MR) is 92.2 cm³/mol. The number of rotatable bonds is 6. The number of hydrogen-bond donors (Lipinski definition) is 2. The number of nitrogens with zero attached hydrogens (tertiary/aromatic N) is 2. The van der Waals surface area contributed by atoms with E-state index >= 15 is 0 Å². The SMILES string of the molecule is COc1ncc(C(C)NC[C@@H]2CCCO[C@H]2c2ccn[nH]2)cc1Cl. The number of aromatic nitrogens is 3. The van der Waals surface area contributed by atoms with Crippen molar-refractivity contribution >= 4 is 11.6 Å². The zero-order valence-electron chi connectivity index (χ0n) is 14.0. The quantitative estimate of drug-likeness (QED) is 0.836. The fourth-order valence-electron chi connectivity index (χ4n) is 3.09. The molecule has 0 aromatic carbocycles. The molecule has 0 spiro atoms. The number of aromatic amines is 1. The number of halogens is 1. The largest absolute Gasteiger partial charge is 0.480 e. The smallest absolute Gasteiger partial charge is 0.232 e. The van der Waals surface area contributed by atoms with Crippen molar-refractivity contribution in [1.82, 2.24) is 20.5 Å². The van der Waals surface area contributed by atoms with Gasteiger partial charge in [0.1, 0.15) is 11.1 Å². The van der Waals surface area contributed by atoms with Gasteiger partial charge in [0.15, 0.2) is 0 Å². The second kappa shape index (κ2) is 7.96. The first kappa shape index (κ1) is 17.2. The molecule has 1 aliphatic rings. The molecule has 7 heteroatoms. The molecular weight excluding hydrogens is 328 g/mol. The zero-order chi connectivity index (χ0) is 16.9. The number of H-pyrrole nitrogens is 1. The molecule has 0 saturated carbocycles. The second-order valence-electron chi connectivity index (χ2n) is 6.10. The Labute approximate surface area is 146 Å². The summed E-state index contributed by atoms with van der Waals surface area (Å²) in [5.41, 5.74) is 2.08. The molecule has 6 nitrogen and oxygen atoms in total. The van der Waals surface area contributed by atoms with Gasteiger partial charge in [-0.15, -0.1) is 0 Å². The van der Waals surface area contributed by atoms with Crippen molar-refractivity contribution in [2.24, 2.45) is 5.92 Å². The fourth-order valence-corrected chi connectivity index (χ4v) is 3.35. The Morgan fingerprint density at radius 3 is 3.12 bits per heavy atom. The van der Waals surface area contributed by atoms with Crippen molar-refractivity contribution in [1.29, 1.82) is 0 Å². The molecule has 1 aliphatic heterocycles. The van der Waals surface area contributed by atoms with E-state index in [1.807, 2.05) is 12.1 Å². The molecule has 1 saturated heterocycles. The molecule has 0 amide bonds. The van der Waals surface area contributed by atoms with E-state index in [0.29, 0.717) is 16.8 Å². The van der Waals surface area contributed by atoms with Gasteiger partial charge in [-0.05, 0) is 37.5 Å². The van der Waals surface area contributed by atoms with E-state index in [4.69, 9.17) is 21.1 Å². The molecule has 0 radical (unpaired) electrons. The summed E-state index contributed by atoms with van der Waals surface area (Å²) >= 11 is 6.17. The van der Waals surface area contributed by atoms with Gasteiger partial charge < -0.3 is 14.8 Å². The van der Waals surface area contributed by atoms with E-state index in [2.05, 4.69) is 27.4 Å². The summed E-state index contributed by atoms with van der Waals surface area (Å²) in [6.45, 7) is 3.76. The third-order valence-electron chi connectivity index (χ3n) is 4.48. The topological polar surface area (TPSA) is 72.1 Å². The molecule has 2 N–H and O–H groups in total. The van der Waals surface area contributed by atoms with Crippen LogP contribution in [-0.2, 0) is 4.74 Å². The van der Waals surface area contributed by atoms with E-state index in [1.54, 1.807) is 19.5 Å². The molecule has 2 aromatic heterocycles. The third kappa shape index (κ3) is 3.88. The lowest BCUT2D eigenvalue weighted by Crippen LogP contribution is -2.33. The standard InChI is InChI=1S/C17H23ClN4O2/c1-11(13-8-14(18)17(23-2)20-10-13)19-9-12-4-3-7-24-16(12)15-5-6-21-22-15/h5-6,8,10-12,16,19H,3-4,7,9H2,1-2H3,(H,21,22)/t11?,12-,16+/m0/s1. The van der Waals surface area contributed by atoms with Crippen LogP contribution >= 0.6 is 11.6 Å². The number of pyridine rings is 1. The third-order valence-corrected chi connectivity index (χ3v) is 4.75. The summed E-state index contributed by atoms with van der Waals surface area (Å²) in [4.78, 5) is 4.24. The minimum atomic E-state index is 0.0681. The lowest BCUT2D eigenvalue weighted by molar-refractivity contribution is -0.0308. The van der Waals surface area contributed by atoms with Crippen molar-refractivity contribution in [2.75, 3.05) is 20.3 Å². The van der Waals surface area contributed by atoms with Gasteiger partial charge in [0.05, 0.1) is 12.8 Å². The molecule has 1 fully saturated rings. The fraction of sp³-hybridized carbons (Fsp3) is 0.529. The molecule has 0 aliphatic carbocycles. The normalized spacial score (nSPS) is 22.3. The molecule has 0 bridgehead atoms. The summed E-state index contributed by atoms with van der Waals surface area (Å²) < 4.78 is 11.1. The lowest BCUT2D eigenvalue weighted by atomic mass is 9.92. The Kier molecular flexibility index (Phi) is 5.71. The number of nitrogens with one attached hydrogen (secondary N) is 2. The molecule has 24 heavy (non-hydrogen) atoms. The van der Waals surface area contributed by atoms with Crippen molar-refractivity contribution < 1.29 is 9.47 Å². The Bertz CT molecular complexity index is 650. The lowest BCUT2D eigenvalue weighted by Gasteiger charge is -2.32. The van der Waals surface area contributed by atoms with E-state index in [9.17, 15) is 0 Å². The monoisotopic (exact) mass is 350 g/mol. The molecule has 3 rings (SSSR count). The zero-order valence-corrected chi connectivity index (χ0v) is 14.7. The first-order valence-corrected chi connectivity index (χ1v) is 8.60.